The summed E-state index contributed by atoms with van der Waals surface area (Å²) in [5, 5.41) is 11.9. The van der Waals surface area contributed by atoms with Gasteiger partial charge in [0.25, 0.3) is 5.09 Å². The van der Waals surface area contributed by atoms with Crippen molar-refractivity contribution in [2.45, 2.75) is 84.0 Å². The van der Waals surface area contributed by atoms with Crippen LogP contribution in [-0.2, 0) is 21.0 Å². The van der Waals surface area contributed by atoms with Crippen LogP contribution in [0.1, 0.15) is 70.8 Å². The van der Waals surface area contributed by atoms with Crippen molar-refractivity contribution in [3.8, 4) is 11.5 Å². The molecule has 1 aliphatic carbocycles. The van der Waals surface area contributed by atoms with E-state index in [0.29, 0.717) is 24.3 Å². The zero-order chi connectivity index (χ0) is 31.3. The quantitative estimate of drug-likeness (QED) is 0.0547. The highest BCUT2D eigenvalue weighted by Crippen LogP contribution is 2.26. The summed E-state index contributed by atoms with van der Waals surface area (Å²) in [6.07, 6.45) is 14.6. The van der Waals surface area contributed by atoms with Crippen molar-refractivity contribution in [2.24, 2.45) is 5.92 Å². The minimum absolute atomic E-state index is 0.104. The van der Waals surface area contributed by atoms with Gasteiger partial charge in [0, 0.05) is 6.42 Å². The van der Waals surface area contributed by atoms with Gasteiger partial charge in [0.1, 0.15) is 30.8 Å². The molecule has 9 nitrogen and oxygen atoms in total. The van der Waals surface area contributed by atoms with Gasteiger partial charge in [-0.15, -0.1) is 10.1 Å². The third-order valence-corrected chi connectivity index (χ3v) is 6.51. The highest BCUT2D eigenvalue weighted by molar-refractivity contribution is 5.85. The largest absolute Gasteiger partial charge is 0.490 e. The number of alkyl halides is 1. The van der Waals surface area contributed by atoms with Crippen LogP contribution in [0, 0.1) is 16.0 Å². The standard InChI is InChI=1S/C18H24N2O6.C15H19FO/c1-3-4-5-6-7-11-17(21)19-14(2)18(22)26-16-10-8-9-15(12-16)13-25-20(23)24;16-14(11-10-13-6-4-5-7-13)12-17-15-8-2-1-3-9-15/h4-5,8-10,12,14H,3,6-7,11,13H2,1-2H3,(H,19,21);1-3,8-11,13-14H,4-7,12H2/b;11-10+. The Balaban J connectivity index is 0.000000326. The number of unbranched alkanes of at least 4 members (excludes halogenated alkanes) is 1. The van der Waals surface area contributed by atoms with Gasteiger partial charge in [-0.3, -0.25) is 4.79 Å². The van der Waals surface area contributed by atoms with Gasteiger partial charge in [-0.05, 0) is 74.8 Å². The van der Waals surface area contributed by atoms with Crippen LogP contribution in [0.4, 0.5) is 4.39 Å². The number of para-hydroxylation sites is 1. The van der Waals surface area contributed by atoms with Crippen molar-refractivity contribution in [3.05, 3.63) is 94.6 Å². The van der Waals surface area contributed by atoms with E-state index in [1.54, 1.807) is 24.3 Å². The second kappa shape index (κ2) is 20.6. The fourth-order valence-electron chi connectivity index (χ4n) is 4.24. The number of allylic oxidation sites excluding steroid dienone is 3. The van der Waals surface area contributed by atoms with E-state index < -0.39 is 23.3 Å². The fraction of sp³-hybridized carbons (Fsp3) is 0.455. The first-order valence-electron chi connectivity index (χ1n) is 14.8. The lowest BCUT2D eigenvalue weighted by Gasteiger charge is -2.13. The topological polar surface area (TPSA) is 117 Å². The molecule has 0 aromatic heterocycles. The van der Waals surface area contributed by atoms with E-state index in [2.05, 4.69) is 10.2 Å². The summed E-state index contributed by atoms with van der Waals surface area (Å²) < 4.78 is 24.1. The van der Waals surface area contributed by atoms with E-state index in [0.717, 1.165) is 18.6 Å². The number of nitrogens with one attached hydrogen (secondary N) is 1. The van der Waals surface area contributed by atoms with E-state index in [1.807, 2.05) is 55.5 Å². The monoisotopic (exact) mass is 598 g/mol. The van der Waals surface area contributed by atoms with Crippen LogP contribution < -0.4 is 14.8 Å². The number of ether oxygens (including phenoxy) is 2. The van der Waals surface area contributed by atoms with E-state index in [1.165, 1.54) is 38.7 Å². The van der Waals surface area contributed by atoms with Crippen LogP contribution in [-0.4, -0.2) is 35.8 Å². The molecule has 1 aliphatic rings. The Hall–Kier alpha value is -4.21. The Morgan fingerprint density at radius 3 is 2.51 bits per heavy atom. The summed E-state index contributed by atoms with van der Waals surface area (Å²) in [6.45, 7) is 3.45. The van der Waals surface area contributed by atoms with Crippen molar-refractivity contribution < 1.29 is 33.4 Å². The molecular weight excluding hydrogens is 555 g/mol. The average molecular weight is 599 g/mol. The maximum absolute atomic E-state index is 13.5. The predicted octanol–water partition coefficient (Wildman–Crippen LogP) is 7.09. The Labute approximate surface area is 253 Å². The van der Waals surface area contributed by atoms with E-state index in [4.69, 9.17) is 9.47 Å². The zero-order valence-electron chi connectivity index (χ0n) is 25.0. The molecule has 2 aromatic carbocycles. The lowest BCUT2D eigenvalue weighted by molar-refractivity contribution is -0.763. The molecule has 0 bridgehead atoms. The third kappa shape index (κ3) is 16.1. The van der Waals surface area contributed by atoms with Crippen molar-refractivity contribution in [2.75, 3.05) is 6.61 Å². The molecule has 1 fully saturated rings. The molecule has 0 aliphatic heterocycles. The van der Waals surface area contributed by atoms with Crippen molar-refractivity contribution in [1.29, 1.82) is 0 Å². The van der Waals surface area contributed by atoms with Gasteiger partial charge in [0.15, 0.2) is 6.17 Å². The molecule has 0 heterocycles. The molecule has 43 heavy (non-hydrogen) atoms. The molecule has 0 radical (unpaired) electrons. The molecular formula is C33H43FN2O7. The molecule has 2 unspecified atom stereocenters. The number of rotatable bonds is 16. The molecule has 1 N–H and O–H groups in total. The van der Waals surface area contributed by atoms with Gasteiger partial charge in [-0.25, -0.2) is 9.18 Å². The number of nitrogens with zero attached hydrogens (tertiary/aromatic N) is 1. The molecule has 2 atom stereocenters. The number of hydrogen-bond acceptors (Lipinski definition) is 7. The summed E-state index contributed by atoms with van der Waals surface area (Å²) in [7, 11) is 0. The van der Waals surface area contributed by atoms with Crippen molar-refractivity contribution >= 4 is 11.9 Å². The van der Waals surface area contributed by atoms with Gasteiger partial charge >= 0.3 is 5.97 Å². The number of benzene rings is 2. The first kappa shape index (κ1) is 35.0. The highest BCUT2D eigenvalue weighted by Gasteiger charge is 2.18. The van der Waals surface area contributed by atoms with E-state index in [-0.39, 0.29) is 24.9 Å². The summed E-state index contributed by atoms with van der Waals surface area (Å²) in [5.41, 5.74) is 0.490. The Morgan fingerprint density at radius 1 is 1.09 bits per heavy atom. The lowest BCUT2D eigenvalue weighted by atomic mass is 10.1. The minimum Gasteiger partial charge on any atom is -0.490 e. The lowest BCUT2D eigenvalue weighted by Crippen LogP contribution is -2.40. The zero-order valence-corrected chi connectivity index (χ0v) is 25.0. The Kier molecular flexibility index (Phi) is 16.8. The van der Waals surface area contributed by atoms with Gasteiger partial charge in [-0.1, -0.05) is 74.4 Å². The Morgan fingerprint density at radius 2 is 1.81 bits per heavy atom. The molecule has 2 aromatic rings. The van der Waals surface area contributed by atoms with Gasteiger partial charge < -0.3 is 19.6 Å². The number of carbonyl (C=O) groups is 2. The maximum atomic E-state index is 13.5. The van der Waals surface area contributed by atoms with Crippen LogP contribution >= 0.6 is 0 Å². The van der Waals surface area contributed by atoms with Crippen LogP contribution in [0.15, 0.2) is 78.9 Å². The first-order valence-corrected chi connectivity index (χ1v) is 14.8. The second-order valence-corrected chi connectivity index (χ2v) is 10.2. The smallest absolute Gasteiger partial charge is 0.333 e. The summed E-state index contributed by atoms with van der Waals surface area (Å²) >= 11 is 0. The molecule has 3 rings (SSSR count). The van der Waals surface area contributed by atoms with Crippen LogP contribution in [0.5, 0.6) is 11.5 Å². The fourth-order valence-corrected chi connectivity index (χ4v) is 4.24. The van der Waals surface area contributed by atoms with Crippen LogP contribution in [0.2, 0.25) is 0 Å². The van der Waals surface area contributed by atoms with Crippen LogP contribution in [0.3, 0.4) is 0 Å². The average Bonchev–Trinajstić information content (AvgIpc) is 3.53. The number of esters is 1. The number of hydrogen-bond donors (Lipinski definition) is 1. The molecule has 0 saturated heterocycles. The van der Waals surface area contributed by atoms with E-state index >= 15 is 0 Å². The number of amides is 1. The summed E-state index contributed by atoms with van der Waals surface area (Å²) in [5.74, 6) is 0.712. The summed E-state index contributed by atoms with van der Waals surface area (Å²) in [6, 6.07) is 14.8. The number of carbonyl (C=O) groups excluding carboxylic acids is 2. The first-order chi connectivity index (χ1) is 20.8. The predicted molar refractivity (Wildman–Crippen MR) is 163 cm³/mol. The number of halogens is 1. The van der Waals surface area contributed by atoms with Crippen molar-refractivity contribution in [3.63, 3.8) is 0 Å². The highest BCUT2D eigenvalue weighted by atomic mass is 19.1. The van der Waals surface area contributed by atoms with Gasteiger partial charge in [0.2, 0.25) is 5.91 Å². The van der Waals surface area contributed by atoms with Gasteiger partial charge in [-0.2, -0.15) is 0 Å². The SMILES string of the molecule is CCC=CCCCC(=O)NC(C)C(=O)Oc1cccc(CO[N+](=O)[O-])c1.FC(/C=C/C1CCCC1)COc1ccccc1. The normalized spacial score (nSPS) is 14.5. The van der Waals surface area contributed by atoms with Gasteiger partial charge in [0.05, 0.1) is 0 Å². The minimum atomic E-state index is -1.00. The molecule has 1 saturated carbocycles. The van der Waals surface area contributed by atoms with E-state index in [9.17, 15) is 24.1 Å². The molecule has 0 spiro atoms. The molecule has 10 heteroatoms. The third-order valence-electron chi connectivity index (χ3n) is 6.51. The maximum Gasteiger partial charge on any atom is 0.333 e. The molecule has 1 amide bonds. The second-order valence-electron chi connectivity index (χ2n) is 10.2. The van der Waals surface area contributed by atoms with Crippen molar-refractivity contribution in [1.82, 2.24) is 5.32 Å². The van der Waals surface area contributed by atoms with Crippen LogP contribution in [0.25, 0.3) is 0 Å². The Bertz CT molecular complexity index is 1170. The molecule has 234 valence electrons. The summed E-state index contributed by atoms with van der Waals surface area (Å²) in [4.78, 5) is 38.4.